The molecular formula is C26H28N4O2. The summed E-state index contributed by atoms with van der Waals surface area (Å²) in [6.45, 7) is 9.77. The summed E-state index contributed by atoms with van der Waals surface area (Å²) in [4.78, 5) is 34.3. The maximum absolute atomic E-state index is 13.1. The number of aromatic nitrogens is 2. The fourth-order valence-electron chi connectivity index (χ4n) is 4.30. The van der Waals surface area contributed by atoms with Gasteiger partial charge in [0.05, 0.1) is 11.0 Å². The van der Waals surface area contributed by atoms with Crippen LogP contribution in [-0.2, 0) is 22.7 Å². The van der Waals surface area contributed by atoms with Crippen LogP contribution in [0.25, 0.3) is 11.0 Å². The minimum Gasteiger partial charge on any atom is -0.338 e. The van der Waals surface area contributed by atoms with Gasteiger partial charge >= 0.3 is 0 Å². The van der Waals surface area contributed by atoms with Crippen molar-refractivity contribution in [3.05, 3.63) is 91.3 Å². The molecule has 1 atom stereocenters. The number of nitrogens with zero attached hydrogens (tertiary/aromatic N) is 4. The predicted molar refractivity (Wildman–Crippen MR) is 126 cm³/mol. The fourth-order valence-corrected chi connectivity index (χ4v) is 4.30. The fraction of sp³-hybridized carbons (Fsp3) is 0.269. The van der Waals surface area contributed by atoms with Gasteiger partial charge in [-0.25, -0.2) is 4.98 Å². The molecule has 0 N–H and O–H groups in total. The number of fused-ring (bicyclic) bond motifs is 1. The van der Waals surface area contributed by atoms with Crippen molar-refractivity contribution in [2.75, 3.05) is 19.6 Å². The van der Waals surface area contributed by atoms with E-state index in [1.807, 2.05) is 64.1 Å². The lowest BCUT2D eigenvalue weighted by Gasteiger charge is -2.21. The maximum Gasteiger partial charge on any atom is 0.243 e. The van der Waals surface area contributed by atoms with E-state index in [0.29, 0.717) is 32.6 Å². The van der Waals surface area contributed by atoms with Crippen LogP contribution in [0.5, 0.6) is 0 Å². The zero-order chi connectivity index (χ0) is 22.5. The lowest BCUT2D eigenvalue weighted by atomic mass is 10.1. The van der Waals surface area contributed by atoms with Crippen molar-refractivity contribution in [2.24, 2.45) is 0 Å². The molecule has 4 rings (SSSR count). The molecule has 1 aliphatic heterocycles. The summed E-state index contributed by atoms with van der Waals surface area (Å²) in [6, 6.07) is 17.8. The van der Waals surface area contributed by atoms with Crippen molar-refractivity contribution in [1.29, 1.82) is 0 Å². The standard InChI is InChI=1S/C26H28N4O2/c1-3-14-28(15-4-2)25(32)19-30-23-13-9-8-12-22(23)27-26(30)21-16-24(31)29(18-21)17-20-10-6-5-7-11-20/h3-13,21H,1-2,14-19H2/t21-/m1/s1. The molecular weight excluding hydrogens is 400 g/mol. The van der Waals surface area contributed by atoms with E-state index in [4.69, 9.17) is 4.98 Å². The van der Waals surface area contributed by atoms with E-state index in [9.17, 15) is 9.59 Å². The Morgan fingerprint density at radius 1 is 1.06 bits per heavy atom. The average Bonchev–Trinajstić information content (AvgIpc) is 3.34. The monoisotopic (exact) mass is 428 g/mol. The first-order valence-corrected chi connectivity index (χ1v) is 10.9. The van der Waals surface area contributed by atoms with Crippen molar-refractivity contribution in [1.82, 2.24) is 19.4 Å². The van der Waals surface area contributed by atoms with Gasteiger partial charge in [0.25, 0.3) is 0 Å². The van der Waals surface area contributed by atoms with Crippen LogP contribution in [0.3, 0.4) is 0 Å². The highest BCUT2D eigenvalue weighted by Crippen LogP contribution is 2.31. The van der Waals surface area contributed by atoms with Crippen LogP contribution in [-0.4, -0.2) is 50.8 Å². The van der Waals surface area contributed by atoms with E-state index in [1.54, 1.807) is 17.1 Å². The second kappa shape index (κ2) is 9.64. The van der Waals surface area contributed by atoms with E-state index >= 15 is 0 Å². The minimum absolute atomic E-state index is 0.0281. The zero-order valence-corrected chi connectivity index (χ0v) is 18.2. The summed E-state index contributed by atoms with van der Waals surface area (Å²) < 4.78 is 1.97. The van der Waals surface area contributed by atoms with E-state index in [-0.39, 0.29) is 24.3 Å². The molecule has 0 radical (unpaired) electrons. The number of hydrogen-bond acceptors (Lipinski definition) is 3. The first-order valence-electron chi connectivity index (χ1n) is 10.9. The quantitative estimate of drug-likeness (QED) is 0.488. The zero-order valence-electron chi connectivity index (χ0n) is 18.2. The molecule has 0 bridgehead atoms. The van der Waals surface area contributed by atoms with Crippen molar-refractivity contribution in [2.45, 2.75) is 25.4 Å². The van der Waals surface area contributed by atoms with Gasteiger partial charge in [0.1, 0.15) is 12.4 Å². The number of likely N-dealkylation sites (tertiary alicyclic amines) is 1. The highest BCUT2D eigenvalue weighted by molar-refractivity contribution is 5.83. The summed E-state index contributed by atoms with van der Waals surface area (Å²) in [5.41, 5.74) is 2.85. The first-order chi connectivity index (χ1) is 15.6. The Kier molecular flexibility index (Phi) is 6.50. The third kappa shape index (κ3) is 4.49. The van der Waals surface area contributed by atoms with Crippen molar-refractivity contribution in [3.63, 3.8) is 0 Å². The number of rotatable bonds is 9. The Bertz CT molecular complexity index is 1130. The topological polar surface area (TPSA) is 58.4 Å². The maximum atomic E-state index is 13.1. The van der Waals surface area contributed by atoms with Crippen LogP contribution < -0.4 is 0 Å². The Hall–Kier alpha value is -3.67. The second-order valence-corrected chi connectivity index (χ2v) is 8.08. The molecule has 1 saturated heterocycles. The van der Waals surface area contributed by atoms with Crippen LogP contribution in [0.2, 0.25) is 0 Å². The number of carbonyl (C=O) groups is 2. The third-order valence-corrected chi connectivity index (χ3v) is 5.83. The summed E-state index contributed by atoms with van der Waals surface area (Å²) >= 11 is 0. The summed E-state index contributed by atoms with van der Waals surface area (Å²) in [7, 11) is 0. The van der Waals surface area contributed by atoms with Gasteiger partial charge in [-0.05, 0) is 17.7 Å². The number of carbonyl (C=O) groups excluding carboxylic acids is 2. The molecule has 1 aliphatic rings. The lowest BCUT2D eigenvalue weighted by Crippen LogP contribution is -2.34. The number of hydrogen-bond donors (Lipinski definition) is 0. The lowest BCUT2D eigenvalue weighted by molar-refractivity contribution is -0.130. The normalized spacial score (nSPS) is 15.8. The highest BCUT2D eigenvalue weighted by Gasteiger charge is 2.34. The second-order valence-electron chi connectivity index (χ2n) is 8.08. The summed E-state index contributed by atoms with van der Waals surface area (Å²) in [5.74, 6) is 0.822. The molecule has 0 spiro atoms. The molecule has 0 saturated carbocycles. The molecule has 0 aliphatic carbocycles. The van der Waals surface area contributed by atoms with Crippen LogP contribution in [0.4, 0.5) is 0 Å². The van der Waals surface area contributed by atoms with Crippen molar-refractivity contribution in [3.8, 4) is 0 Å². The van der Waals surface area contributed by atoms with Gasteiger partial charge in [-0.15, -0.1) is 13.2 Å². The van der Waals surface area contributed by atoms with Gasteiger partial charge in [-0.3, -0.25) is 9.59 Å². The van der Waals surface area contributed by atoms with Gasteiger partial charge in [0.15, 0.2) is 0 Å². The molecule has 1 fully saturated rings. The van der Waals surface area contributed by atoms with Crippen LogP contribution in [0.1, 0.15) is 23.7 Å². The Labute approximate surface area is 188 Å². The van der Waals surface area contributed by atoms with Crippen LogP contribution >= 0.6 is 0 Å². The van der Waals surface area contributed by atoms with Crippen molar-refractivity contribution < 1.29 is 9.59 Å². The molecule has 6 nitrogen and oxygen atoms in total. The number of para-hydroxylation sites is 2. The van der Waals surface area contributed by atoms with E-state index < -0.39 is 0 Å². The van der Waals surface area contributed by atoms with E-state index in [0.717, 1.165) is 22.4 Å². The van der Waals surface area contributed by atoms with E-state index in [2.05, 4.69) is 13.2 Å². The molecule has 2 amide bonds. The first kappa shape index (κ1) is 21.6. The molecule has 2 aromatic carbocycles. The molecule has 32 heavy (non-hydrogen) atoms. The average molecular weight is 429 g/mol. The largest absolute Gasteiger partial charge is 0.338 e. The third-order valence-electron chi connectivity index (χ3n) is 5.83. The van der Waals surface area contributed by atoms with Gasteiger partial charge in [0, 0.05) is 38.5 Å². The van der Waals surface area contributed by atoms with Crippen molar-refractivity contribution >= 4 is 22.8 Å². The minimum atomic E-state index is -0.0568. The molecule has 1 aromatic heterocycles. The highest BCUT2D eigenvalue weighted by atomic mass is 16.2. The molecule has 164 valence electrons. The molecule has 0 unspecified atom stereocenters. The van der Waals surface area contributed by atoms with Gasteiger partial charge in [-0.1, -0.05) is 54.6 Å². The smallest absolute Gasteiger partial charge is 0.243 e. The Balaban J connectivity index is 1.61. The van der Waals surface area contributed by atoms with Crippen LogP contribution in [0.15, 0.2) is 79.9 Å². The number of amides is 2. The van der Waals surface area contributed by atoms with Gasteiger partial charge < -0.3 is 14.4 Å². The van der Waals surface area contributed by atoms with Crippen LogP contribution in [0, 0.1) is 0 Å². The van der Waals surface area contributed by atoms with Gasteiger partial charge in [0.2, 0.25) is 11.8 Å². The van der Waals surface area contributed by atoms with E-state index in [1.165, 1.54) is 0 Å². The molecule has 2 heterocycles. The van der Waals surface area contributed by atoms with Gasteiger partial charge in [-0.2, -0.15) is 0 Å². The molecule has 3 aromatic rings. The molecule has 6 heteroatoms. The number of benzene rings is 2. The Morgan fingerprint density at radius 3 is 2.47 bits per heavy atom. The SMILES string of the molecule is C=CCN(CC=C)C(=O)Cn1c([C@@H]2CC(=O)N(Cc3ccccc3)C2)nc2ccccc21. The number of imidazole rings is 1. The Morgan fingerprint density at radius 2 is 1.75 bits per heavy atom. The summed E-state index contributed by atoms with van der Waals surface area (Å²) in [5, 5.41) is 0. The predicted octanol–water partition coefficient (Wildman–Crippen LogP) is 3.75. The summed E-state index contributed by atoms with van der Waals surface area (Å²) in [6.07, 6.45) is 3.82.